The highest BCUT2D eigenvalue weighted by Gasteiger charge is 2.39. The minimum absolute atomic E-state index is 0.123. The molecule has 3 atom stereocenters. The predicted molar refractivity (Wildman–Crippen MR) is 148 cm³/mol. The Morgan fingerprint density at radius 2 is 1.73 bits per heavy atom. The van der Waals surface area contributed by atoms with Crippen molar-refractivity contribution >= 4 is 17.9 Å². The molecule has 208 valence electrons. The number of rotatable bonds is 10. The summed E-state index contributed by atoms with van der Waals surface area (Å²) in [6, 6.07) is 4.45. The van der Waals surface area contributed by atoms with E-state index in [1.54, 1.807) is 25.7 Å². The Morgan fingerprint density at radius 1 is 1.08 bits per heavy atom. The first-order valence-electron chi connectivity index (χ1n) is 14.1. The lowest BCUT2D eigenvalue weighted by molar-refractivity contribution is -0.143. The fraction of sp³-hybridized carbons (Fsp3) is 0.700. The Labute approximate surface area is 224 Å². The number of hydrogen-bond donors (Lipinski definition) is 2. The number of hydrogen-bond acceptors (Lipinski definition) is 4. The molecule has 0 aliphatic heterocycles. The third kappa shape index (κ3) is 8.75. The summed E-state index contributed by atoms with van der Waals surface area (Å²) in [7, 11) is 0. The highest BCUT2D eigenvalue weighted by atomic mass is 16.6. The van der Waals surface area contributed by atoms with Crippen LogP contribution in [0.3, 0.4) is 0 Å². The van der Waals surface area contributed by atoms with Crippen molar-refractivity contribution in [3.63, 3.8) is 0 Å². The first kappa shape index (κ1) is 30.7. The topological polar surface area (TPSA) is 87.7 Å². The van der Waals surface area contributed by atoms with Crippen LogP contribution in [0.25, 0.3) is 0 Å². The summed E-state index contributed by atoms with van der Waals surface area (Å²) < 4.78 is 5.48. The molecule has 1 aromatic rings. The van der Waals surface area contributed by atoms with E-state index in [0.29, 0.717) is 19.4 Å². The van der Waals surface area contributed by atoms with Crippen LogP contribution < -0.4 is 10.6 Å². The lowest BCUT2D eigenvalue weighted by atomic mass is 9.91. The first-order chi connectivity index (χ1) is 17.4. The predicted octanol–water partition coefficient (Wildman–Crippen LogP) is 5.97. The summed E-state index contributed by atoms with van der Waals surface area (Å²) in [6.45, 7) is 15.7. The van der Waals surface area contributed by atoms with Crippen LogP contribution in [0.4, 0.5) is 4.79 Å². The molecule has 7 heteroatoms. The van der Waals surface area contributed by atoms with Crippen molar-refractivity contribution < 1.29 is 19.1 Å². The molecule has 1 aromatic carbocycles. The number of aryl methyl sites for hydroxylation is 1. The van der Waals surface area contributed by atoms with Crippen molar-refractivity contribution in [1.82, 2.24) is 15.5 Å². The van der Waals surface area contributed by atoms with Gasteiger partial charge in [0.05, 0.1) is 0 Å². The standard InChI is InChI=1S/C30H49N3O4/c1-9-19-33(28(35)25(20(3)10-2)32-29(36)37-30(6,7)8)26(24-18-14-15-21(4)22(24)5)27(34)31-23-16-12-11-13-17-23/h14-15,18,20,23,25-26H,9-13,16-17,19H2,1-8H3,(H,31,34)(H,32,36). The molecule has 1 aliphatic rings. The lowest BCUT2D eigenvalue weighted by Crippen LogP contribution is -2.56. The van der Waals surface area contributed by atoms with E-state index in [2.05, 4.69) is 10.6 Å². The Morgan fingerprint density at radius 3 is 2.30 bits per heavy atom. The minimum atomic E-state index is -0.804. The van der Waals surface area contributed by atoms with Gasteiger partial charge in [0.25, 0.3) is 0 Å². The maximum absolute atomic E-state index is 14.2. The van der Waals surface area contributed by atoms with E-state index in [1.165, 1.54) is 6.42 Å². The van der Waals surface area contributed by atoms with Gasteiger partial charge in [-0.3, -0.25) is 9.59 Å². The number of nitrogens with zero attached hydrogens (tertiary/aromatic N) is 1. The number of amides is 3. The fourth-order valence-corrected chi connectivity index (χ4v) is 4.95. The van der Waals surface area contributed by atoms with Crippen molar-refractivity contribution in [3.05, 3.63) is 34.9 Å². The molecule has 1 aliphatic carbocycles. The molecule has 0 radical (unpaired) electrons. The molecule has 0 spiro atoms. The monoisotopic (exact) mass is 515 g/mol. The number of benzene rings is 1. The van der Waals surface area contributed by atoms with Crippen LogP contribution in [0, 0.1) is 19.8 Å². The molecule has 1 fully saturated rings. The summed E-state index contributed by atoms with van der Waals surface area (Å²) >= 11 is 0. The van der Waals surface area contributed by atoms with Crippen LogP contribution in [0.5, 0.6) is 0 Å². The zero-order valence-electron chi connectivity index (χ0n) is 24.3. The van der Waals surface area contributed by atoms with Crippen LogP contribution in [-0.2, 0) is 14.3 Å². The number of ether oxygens (including phenoxy) is 1. The maximum atomic E-state index is 14.2. The van der Waals surface area contributed by atoms with Crippen molar-refractivity contribution in [2.24, 2.45) is 5.92 Å². The molecule has 2 rings (SSSR count). The second-order valence-electron chi connectivity index (χ2n) is 11.6. The van der Waals surface area contributed by atoms with Gasteiger partial charge in [-0.25, -0.2) is 4.79 Å². The zero-order chi connectivity index (χ0) is 27.8. The summed E-state index contributed by atoms with van der Waals surface area (Å²) in [4.78, 5) is 42.6. The molecule has 3 unspecified atom stereocenters. The van der Waals surface area contributed by atoms with E-state index in [0.717, 1.165) is 42.4 Å². The van der Waals surface area contributed by atoms with Crippen LogP contribution in [0.1, 0.15) is 109 Å². The van der Waals surface area contributed by atoms with E-state index in [4.69, 9.17) is 4.74 Å². The van der Waals surface area contributed by atoms with E-state index >= 15 is 0 Å². The van der Waals surface area contributed by atoms with Crippen LogP contribution in [0.15, 0.2) is 18.2 Å². The number of carbonyl (C=O) groups is 3. The smallest absolute Gasteiger partial charge is 0.408 e. The van der Waals surface area contributed by atoms with Crippen molar-refractivity contribution in [2.75, 3.05) is 6.54 Å². The van der Waals surface area contributed by atoms with Crippen LogP contribution in [-0.4, -0.2) is 47.0 Å². The molecule has 0 aromatic heterocycles. The lowest BCUT2D eigenvalue weighted by Gasteiger charge is -2.37. The van der Waals surface area contributed by atoms with Crippen molar-refractivity contribution in [2.45, 2.75) is 124 Å². The van der Waals surface area contributed by atoms with Gasteiger partial charge in [0.15, 0.2) is 0 Å². The second kappa shape index (κ2) is 13.8. The molecule has 1 saturated carbocycles. The van der Waals surface area contributed by atoms with Crippen LogP contribution in [0.2, 0.25) is 0 Å². The van der Waals surface area contributed by atoms with Gasteiger partial charge in [-0.15, -0.1) is 0 Å². The molecule has 2 N–H and O–H groups in total. The molecule has 0 bridgehead atoms. The summed E-state index contributed by atoms with van der Waals surface area (Å²) in [5, 5.41) is 6.10. The summed E-state index contributed by atoms with van der Waals surface area (Å²) in [5.74, 6) is -0.547. The largest absolute Gasteiger partial charge is 0.444 e. The molecular weight excluding hydrogens is 466 g/mol. The zero-order valence-corrected chi connectivity index (χ0v) is 24.3. The Bertz CT molecular complexity index is 918. The van der Waals surface area contributed by atoms with E-state index in [-0.39, 0.29) is 23.8 Å². The molecule has 0 saturated heterocycles. The molecule has 3 amide bonds. The van der Waals surface area contributed by atoms with Gasteiger partial charge in [-0.2, -0.15) is 0 Å². The highest BCUT2D eigenvalue weighted by Crippen LogP contribution is 2.29. The molecule has 37 heavy (non-hydrogen) atoms. The average molecular weight is 516 g/mol. The van der Waals surface area contributed by atoms with E-state index in [9.17, 15) is 14.4 Å². The Hall–Kier alpha value is -2.57. The third-order valence-electron chi connectivity index (χ3n) is 7.35. The number of nitrogens with one attached hydrogen (secondary N) is 2. The Kier molecular flexibility index (Phi) is 11.5. The minimum Gasteiger partial charge on any atom is -0.444 e. The summed E-state index contributed by atoms with van der Waals surface area (Å²) in [5.41, 5.74) is 2.22. The maximum Gasteiger partial charge on any atom is 0.408 e. The Balaban J connectivity index is 2.50. The summed E-state index contributed by atoms with van der Waals surface area (Å²) in [6.07, 6.45) is 6.07. The molecular formula is C30H49N3O4. The van der Waals surface area contributed by atoms with Crippen molar-refractivity contribution in [1.29, 1.82) is 0 Å². The number of alkyl carbamates (subject to hydrolysis) is 1. The van der Waals surface area contributed by atoms with Crippen molar-refractivity contribution in [3.8, 4) is 0 Å². The number of carbonyl (C=O) groups excluding carboxylic acids is 3. The van der Waals surface area contributed by atoms with E-state index in [1.807, 2.05) is 52.8 Å². The first-order valence-corrected chi connectivity index (χ1v) is 14.1. The van der Waals surface area contributed by atoms with Crippen LogP contribution >= 0.6 is 0 Å². The van der Waals surface area contributed by atoms with Gasteiger partial charge in [-0.05, 0) is 76.5 Å². The normalized spacial score (nSPS) is 16.9. The van der Waals surface area contributed by atoms with Gasteiger partial charge >= 0.3 is 6.09 Å². The van der Waals surface area contributed by atoms with Gasteiger partial charge < -0.3 is 20.3 Å². The quantitative estimate of drug-likeness (QED) is 0.402. The SMILES string of the molecule is CCCN(C(=O)C(NC(=O)OC(C)(C)C)C(C)CC)C(C(=O)NC1CCCCC1)c1cccc(C)c1C. The second-order valence-corrected chi connectivity index (χ2v) is 11.6. The average Bonchev–Trinajstić information content (AvgIpc) is 2.83. The van der Waals surface area contributed by atoms with Gasteiger partial charge in [0.1, 0.15) is 17.7 Å². The van der Waals surface area contributed by atoms with E-state index < -0.39 is 23.8 Å². The fourth-order valence-electron chi connectivity index (χ4n) is 4.95. The van der Waals surface area contributed by atoms with Gasteiger partial charge in [0.2, 0.25) is 11.8 Å². The third-order valence-corrected chi connectivity index (χ3v) is 7.35. The molecule has 7 nitrogen and oxygen atoms in total. The van der Waals surface area contributed by atoms with Gasteiger partial charge in [-0.1, -0.05) is 64.7 Å². The molecule has 0 heterocycles. The highest BCUT2D eigenvalue weighted by molar-refractivity contribution is 5.92. The van der Waals surface area contributed by atoms with Gasteiger partial charge in [0, 0.05) is 12.6 Å².